The number of anilines is 1. The summed E-state index contributed by atoms with van der Waals surface area (Å²) in [5, 5.41) is 11.6. The third kappa shape index (κ3) is 1.46. The number of nitro groups is 1. The molecule has 0 saturated heterocycles. The van der Waals surface area contributed by atoms with Gasteiger partial charge in [-0.1, -0.05) is 0 Å². The van der Waals surface area contributed by atoms with Gasteiger partial charge in [-0.2, -0.15) is 0 Å². The van der Waals surface area contributed by atoms with Crippen LogP contribution in [0.25, 0.3) is 11.0 Å². The van der Waals surface area contributed by atoms with E-state index in [1.54, 1.807) is 0 Å². The van der Waals surface area contributed by atoms with Crippen LogP contribution in [0.1, 0.15) is 24.2 Å². The standard InChI is InChI=1S/C12H12N2O3/c13-9-5-7(14(15)16)6-11-12(9)8-3-1-2-4-10(8)17-11/h5-6H,1-4,13H2. The lowest BCUT2D eigenvalue weighted by molar-refractivity contribution is -0.384. The van der Waals surface area contributed by atoms with E-state index in [0.717, 1.165) is 42.4 Å². The highest BCUT2D eigenvalue weighted by molar-refractivity contribution is 5.95. The van der Waals surface area contributed by atoms with Gasteiger partial charge in [0.25, 0.3) is 5.69 Å². The van der Waals surface area contributed by atoms with Crippen molar-refractivity contribution in [2.45, 2.75) is 25.7 Å². The Balaban J connectivity index is 2.30. The molecular formula is C12H12N2O3. The van der Waals surface area contributed by atoms with Gasteiger partial charge in [-0.05, 0) is 19.3 Å². The molecule has 1 aromatic carbocycles. The molecule has 2 N–H and O–H groups in total. The maximum absolute atomic E-state index is 10.7. The first kappa shape index (κ1) is 10.1. The largest absolute Gasteiger partial charge is 0.460 e. The van der Waals surface area contributed by atoms with Crippen molar-refractivity contribution < 1.29 is 9.34 Å². The zero-order valence-electron chi connectivity index (χ0n) is 9.23. The molecule has 5 nitrogen and oxygen atoms in total. The maximum Gasteiger partial charge on any atom is 0.275 e. The summed E-state index contributed by atoms with van der Waals surface area (Å²) >= 11 is 0. The lowest BCUT2D eigenvalue weighted by atomic mass is 9.95. The van der Waals surface area contributed by atoms with Crippen LogP contribution in [0.15, 0.2) is 16.5 Å². The Bertz CT molecular complexity index is 616. The van der Waals surface area contributed by atoms with Crippen molar-refractivity contribution in [1.82, 2.24) is 0 Å². The number of nitrogen functional groups attached to an aromatic ring is 1. The SMILES string of the molecule is Nc1cc([N+](=O)[O-])cc2oc3c(c12)CCCC3. The van der Waals surface area contributed by atoms with Crippen molar-refractivity contribution in [2.24, 2.45) is 0 Å². The smallest absolute Gasteiger partial charge is 0.275 e. The molecule has 0 radical (unpaired) electrons. The van der Waals surface area contributed by atoms with Crippen LogP contribution in [0.3, 0.4) is 0 Å². The summed E-state index contributed by atoms with van der Waals surface area (Å²) in [7, 11) is 0. The van der Waals surface area contributed by atoms with Crippen molar-refractivity contribution in [3.8, 4) is 0 Å². The zero-order valence-corrected chi connectivity index (χ0v) is 9.23. The van der Waals surface area contributed by atoms with E-state index in [2.05, 4.69) is 0 Å². The molecule has 88 valence electrons. The Morgan fingerprint density at radius 1 is 1.29 bits per heavy atom. The molecule has 1 heterocycles. The lowest BCUT2D eigenvalue weighted by Gasteiger charge is -2.09. The number of fused-ring (bicyclic) bond motifs is 3. The molecule has 0 spiro atoms. The third-order valence-electron chi connectivity index (χ3n) is 3.28. The van der Waals surface area contributed by atoms with E-state index >= 15 is 0 Å². The van der Waals surface area contributed by atoms with Gasteiger partial charge >= 0.3 is 0 Å². The molecule has 0 bridgehead atoms. The molecule has 5 heteroatoms. The highest BCUT2D eigenvalue weighted by Gasteiger charge is 2.21. The normalized spacial score (nSPS) is 14.8. The summed E-state index contributed by atoms with van der Waals surface area (Å²) < 4.78 is 5.68. The van der Waals surface area contributed by atoms with Gasteiger partial charge in [-0.3, -0.25) is 10.1 Å². The molecule has 0 amide bonds. The van der Waals surface area contributed by atoms with E-state index in [9.17, 15) is 10.1 Å². The molecule has 0 atom stereocenters. The van der Waals surface area contributed by atoms with Gasteiger partial charge in [0.1, 0.15) is 11.3 Å². The minimum Gasteiger partial charge on any atom is -0.460 e. The fourth-order valence-electron chi connectivity index (χ4n) is 2.52. The van der Waals surface area contributed by atoms with Gasteiger partial charge in [0.15, 0.2) is 0 Å². The van der Waals surface area contributed by atoms with Gasteiger partial charge in [0.2, 0.25) is 0 Å². The first-order valence-corrected chi connectivity index (χ1v) is 5.65. The molecule has 1 aromatic heterocycles. The minimum atomic E-state index is -0.447. The number of benzene rings is 1. The minimum absolute atomic E-state index is 0.0129. The first-order valence-electron chi connectivity index (χ1n) is 5.65. The van der Waals surface area contributed by atoms with E-state index in [1.807, 2.05) is 0 Å². The first-order chi connectivity index (χ1) is 8.16. The Hall–Kier alpha value is -2.04. The zero-order chi connectivity index (χ0) is 12.0. The Morgan fingerprint density at radius 2 is 2.06 bits per heavy atom. The van der Waals surface area contributed by atoms with Crippen LogP contribution < -0.4 is 5.73 Å². The molecule has 1 aliphatic rings. The summed E-state index contributed by atoms with van der Waals surface area (Å²) in [6, 6.07) is 2.87. The van der Waals surface area contributed by atoms with E-state index in [4.69, 9.17) is 10.2 Å². The fourth-order valence-corrected chi connectivity index (χ4v) is 2.52. The van der Waals surface area contributed by atoms with Crippen molar-refractivity contribution in [1.29, 1.82) is 0 Å². The van der Waals surface area contributed by atoms with Crippen molar-refractivity contribution in [2.75, 3.05) is 5.73 Å². The topological polar surface area (TPSA) is 82.3 Å². The number of nitrogens with zero attached hydrogens (tertiary/aromatic N) is 1. The average molecular weight is 232 g/mol. The van der Waals surface area contributed by atoms with Crippen LogP contribution in [0.4, 0.5) is 11.4 Å². The second kappa shape index (κ2) is 3.48. The Kier molecular flexibility index (Phi) is 2.07. The molecule has 2 aromatic rings. The molecule has 0 unspecified atom stereocenters. The Labute approximate surface area is 97.4 Å². The van der Waals surface area contributed by atoms with Crippen LogP contribution in [-0.2, 0) is 12.8 Å². The van der Waals surface area contributed by atoms with Crippen LogP contribution in [0.2, 0.25) is 0 Å². The molecule has 0 saturated carbocycles. The van der Waals surface area contributed by atoms with Gasteiger partial charge in [-0.25, -0.2) is 0 Å². The lowest BCUT2D eigenvalue weighted by Crippen LogP contribution is -2.00. The third-order valence-corrected chi connectivity index (χ3v) is 3.28. The van der Waals surface area contributed by atoms with Gasteiger partial charge in [0.05, 0.1) is 11.0 Å². The van der Waals surface area contributed by atoms with E-state index < -0.39 is 4.92 Å². The number of hydrogen-bond acceptors (Lipinski definition) is 4. The average Bonchev–Trinajstić information content (AvgIpc) is 2.67. The summed E-state index contributed by atoms with van der Waals surface area (Å²) in [5.74, 6) is 0.943. The van der Waals surface area contributed by atoms with Crippen LogP contribution in [-0.4, -0.2) is 4.92 Å². The molecule has 0 aliphatic heterocycles. The maximum atomic E-state index is 10.7. The summed E-state index contributed by atoms with van der Waals surface area (Å²) in [6.45, 7) is 0. The molecule has 0 fully saturated rings. The molecule has 3 rings (SSSR count). The van der Waals surface area contributed by atoms with Gasteiger partial charge in [-0.15, -0.1) is 0 Å². The summed E-state index contributed by atoms with van der Waals surface area (Å²) in [4.78, 5) is 10.3. The van der Waals surface area contributed by atoms with E-state index in [-0.39, 0.29) is 5.69 Å². The highest BCUT2D eigenvalue weighted by Crippen LogP contribution is 2.37. The number of aryl methyl sites for hydroxylation is 2. The summed E-state index contributed by atoms with van der Waals surface area (Å²) in [6.07, 6.45) is 4.08. The number of rotatable bonds is 1. The van der Waals surface area contributed by atoms with Crippen molar-refractivity contribution in [3.05, 3.63) is 33.6 Å². The fraction of sp³-hybridized carbons (Fsp3) is 0.333. The second-order valence-corrected chi connectivity index (χ2v) is 4.38. The number of non-ortho nitro benzene ring substituents is 1. The van der Waals surface area contributed by atoms with Gasteiger partial charge < -0.3 is 10.2 Å². The quantitative estimate of drug-likeness (QED) is 0.465. The Morgan fingerprint density at radius 3 is 2.82 bits per heavy atom. The van der Waals surface area contributed by atoms with Gasteiger partial charge in [0, 0.05) is 29.1 Å². The monoisotopic (exact) mass is 232 g/mol. The molecular weight excluding hydrogens is 220 g/mol. The van der Waals surface area contributed by atoms with Crippen LogP contribution in [0.5, 0.6) is 0 Å². The van der Waals surface area contributed by atoms with E-state index in [1.165, 1.54) is 12.1 Å². The van der Waals surface area contributed by atoms with E-state index in [0.29, 0.717) is 11.3 Å². The second-order valence-electron chi connectivity index (χ2n) is 4.38. The van der Waals surface area contributed by atoms with Crippen LogP contribution in [0, 0.1) is 10.1 Å². The van der Waals surface area contributed by atoms with Crippen molar-refractivity contribution in [3.63, 3.8) is 0 Å². The van der Waals surface area contributed by atoms with Crippen molar-refractivity contribution >= 4 is 22.3 Å². The van der Waals surface area contributed by atoms with Crippen LogP contribution >= 0.6 is 0 Å². The predicted molar refractivity (Wildman–Crippen MR) is 63.9 cm³/mol. The molecule has 1 aliphatic carbocycles. The number of nitro benzene ring substituents is 1. The predicted octanol–water partition coefficient (Wildman–Crippen LogP) is 2.80. The number of furan rings is 1. The highest BCUT2D eigenvalue weighted by atomic mass is 16.6. The number of nitrogens with two attached hydrogens (primary N) is 1. The summed E-state index contributed by atoms with van der Waals surface area (Å²) in [5.41, 5.74) is 8.01. The number of hydrogen-bond donors (Lipinski definition) is 1. The molecule has 17 heavy (non-hydrogen) atoms.